The summed E-state index contributed by atoms with van der Waals surface area (Å²) in [6, 6.07) is 3.05. The first-order valence-corrected chi connectivity index (χ1v) is 12.1. The second-order valence-corrected chi connectivity index (χ2v) is 10.6. The fourth-order valence-electron chi connectivity index (χ4n) is 2.61. The predicted molar refractivity (Wildman–Crippen MR) is 135 cm³/mol. The average molecular weight is 617 g/mol. The minimum absolute atomic E-state index is 0.0318. The van der Waals surface area contributed by atoms with Crippen LogP contribution in [0.15, 0.2) is 21.3 Å². The van der Waals surface area contributed by atoms with Gasteiger partial charge in [0.1, 0.15) is 27.2 Å². The number of aromatic nitrogens is 3. The van der Waals surface area contributed by atoms with Gasteiger partial charge in [-0.25, -0.2) is 24.5 Å². The van der Waals surface area contributed by atoms with Crippen molar-refractivity contribution in [3.8, 4) is 17.1 Å². The molecule has 0 fully saturated rings. The lowest BCUT2D eigenvalue weighted by Gasteiger charge is -2.28. The summed E-state index contributed by atoms with van der Waals surface area (Å²) in [5, 5.41) is 0. The molecule has 13 heteroatoms. The van der Waals surface area contributed by atoms with Gasteiger partial charge < -0.3 is 19.9 Å². The summed E-state index contributed by atoms with van der Waals surface area (Å²) in [4.78, 5) is 51.8. The maximum Gasteiger partial charge on any atom is 0.425 e. The van der Waals surface area contributed by atoms with Crippen LogP contribution in [0.3, 0.4) is 0 Å². The molecular weight excluding hydrogens is 590 g/mol. The summed E-state index contributed by atoms with van der Waals surface area (Å²) in [6.45, 7) is 12.0. The van der Waals surface area contributed by atoms with E-state index in [2.05, 4.69) is 46.8 Å². The first kappa shape index (κ1) is 28.4. The third kappa shape index (κ3) is 7.59. The van der Waals surface area contributed by atoms with Gasteiger partial charge in [-0.3, -0.25) is 4.79 Å². The van der Waals surface area contributed by atoms with E-state index in [9.17, 15) is 14.4 Å². The Balaban J connectivity index is 2.74. The average Bonchev–Trinajstić information content (AvgIpc) is 2.67. The Morgan fingerprint density at radius 3 is 1.91 bits per heavy atom. The van der Waals surface area contributed by atoms with Crippen LogP contribution < -0.4 is 15.4 Å². The maximum atomic E-state index is 13.1. The highest BCUT2D eigenvalue weighted by atomic mass is 79.9. The minimum Gasteiger partial charge on any atom is -0.478 e. The van der Waals surface area contributed by atoms with Gasteiger partial charge in [0.05, 0.1) is 6.61 Å². The molecule has 0 atom stereocenters. The number of carbonyl (C=O) groups is 3. The summed E-state index contributed by atoms with van der Waals surface area (Å²) in [7, 11) is 0. The first-order chi connectivity index (χ1) is 16.0. The molecule has 3 amide bonds. The van der Waals surface area contributed by atoms with Gasteiger partial charge in [-0.2, -0.15) is 4.90 Å². The Morgan fingerprint density at radius 2 is 1.46 bits per heavy atom. The Kier molecular flexibility index (Phi) is 8.82. The lowest BCUT2D eigenvalue weighted by atomic mass is 10.1. The van der Waals surface area contributed by atoms with Gasteiger partial charge in [-0.15, -0.1) is 0 Å². The molecule has 2 aromatic heterocycles. The number of anilines is 1. The van der Waals surface area contributed by atoms with Gasteiger partial charge in [0.25, 0.3) is 5.91 Å². The third-order valence-electron chi connectivity index (χ3n) is 3.81. The van der Waals surface area contributed by atoms with Gasteiger partial charge in [0.15, 0.2) is 10.4 Å². The van der Waals surface area contributed by atoms with Crippen molar-refractivity contribution in [2.45, 2.75) is 59.7 Å². The SMILES string of the molecule is CCOc1ccc(-c2nc(N(C(=O)OC(C)(C)C)C(=O)OC(C)(C)C)c(Br)nc2Br)c(C(N)=O)n1. The number of ether oxygens (including phenoxy) is 3. The zero-order valence-corrected chi connectivity index (χ0v) is 23.6. The molecule has 35 heavy (non-hydrogen) atoms. The van der Waals surface area contributed by atoms with Gasteiger partial charge in [0, 0.05) is 11.6 Å². The van der Waals surface area contributed by atoms with Crippen LogP contribution in [0.4, 0.5) is 15.4 Å². The zero-order valence-electron chi connectivity index (χ0n) is 20.4. The van der Waals surface area contributed by atoms with E-state index >= 15 is 0 Å². The minimum atomic E-state index is -1.03. The van der Waals surface area contributed by atoms with E-state index in [1.54, 1.807) is 48.5 Å². The molecule has 0 spiro atoms. The van der Waals surface area contributed by atoms with Crippen molar-refractivity contribution in [2.75, 3.05) is 11.5 Å². The molecule has 0 aromatic carbocycles. The standard InChI is InChI=1S/C22H27Br2N5O6/c1-8-33-12-10-9-11(14(26-12)17(25)30)13-15(23)28-16(24)18(27-13)29(19(31)34-21(2,3)4)20(32)35-22(5,6)7/h9-10H,8H2,1-7H3,(H2,25,30). The lowest BCUT2D eigenvalue weighted by molar-refractivity contribution is 0.0428. The normalized spacial score (nSPS) is 11.6. The molecule has 0 aliphatic carbocycles. The molecule has 2 rings (SSSR count). The molecule has 0 aliphatic heterocycles. The largest absolute Gasteiger partial charge is 0.478 e. The van der Waals surface area contributed by atoms with Crippen molar-refractivity contribution in [2.24, 2.45) is 5.73 Å². The van der Waals surface area contributed by atoms with E-state index in [1.807, 2.05) is 0 Å². The zero-order chi connectivity index (χ0) is 26.7. The van der Waals surface area contributed by atoms with Crippen LogP contribution in [0, 0.1) is 0 Å². The number of nitrogens with two attached hydrogens (primary N) is 1. The van der Waals surface area contributed by atoms with E-state index in [-0.39, 0.29) is 37.9 Å². The summed E-state index contributed by atoms with van der Waals surface area (Å²) < 4.78 is 16.4. The fraction of sp³-hybridized carbons (Fsp3) is 0.455. The van der Waals surface area contributed by atoms with Crippen molar-refractivity contribution < 1.29 is 28.6 Å². The Labute approximate surface area is 220 Å². The van der Waals surface area contributed by atoms with Crippen LogP contribution in [0.5, 0.6) is 5.88 Å². The van der Waals surface area contributed by atoms with Crippen LogP contribution in [-0.2, 0) is 9.47 Å². The van der Waals surface area contributed by atoms with Gasteiger partial charge in [-0.1, -0.05) is 0 Å². The second-order valence-electron chi connectivity index (χ2n) is 9.12. The van der Waals surface area contributed by atoms with E-state index in [0.717, 1.165) is 0 Å². The molecule has 2 heterocycles. The molecule has 0 unspecified atom stereocenters. The molecular formula is C22H27Br2N5O6. The van der Waals surface area contributed by atoms with Crippen molar-refractivity contribution in [3.05, 3.63) is 27.0 Å². The highest BCUT2D eigenvalue weighted by Crippen LogP contribution is 2.35. The number of rotatable bonds is 5. The number of amides is 3. The highest BCUT2D eigenvalue weighted by Gasteiger charge is 2.36. The molecule has 0 bridgehead atoms. The Morgan fingerprint density at radius 1 is 0.914 bits per heavy atom. The predicted octanol–water partition coefficient (Wildman–Crippen LogP) is 5.24. The number of carbonyl (C=O) groups excluding carboxylic acids is 3. The van der Waals surface area contributed by atoms with E-state index in [1.165, 1.54) is 12.1 Å². The third-order valence-corrected chi connectivity index (χ3v) is 4.89. The highest BCUT2D eigenvalue weighted by molar-refractivity contribution is 9.11. The quantitative estimate of drug-likeness (QED) is 0.476. The molecule has 2 N–H and O–H groups in total. The van der Waals surface area contributed by atoms with E-state index in [0.29, 0.717) is 11.5 Å². The summed E-state index contributed by atoms with van der Waals surface area (Å²) in [6.07, 6.45) is -2.06. The van der Waals surface area contributed by atoms with Crippen molar-refractivity contribution in [1.29, 1.82) is 0 Å². The molecule has 0 saturated heterocycles. The smallest absolute Gasteiger partial charge is 0.425 e. The van der Waals surface area contributed by atoms with Crippen LogP contribution in [-0.4, -0.2) is 50.9 Å². The number of hydrogen-bond donors (Lipinski definition) is 1. The number of hydrogen-bond acceptors (Lipinski definition) is 9. The van der Waals surface area contributed by atoms with Gasteiger partial charge >= 0.3 is 12.2 Å². The van der Waals surface area contributed by atoms with Gasteiger partial charge in [0.2, 0.25) is 5.88 Å². The number of imide groups is 1. The molecule has 0 radical (unpaired) electrons. The van der Waals surface area contributed by atoms with Gasteiger partial charge in [-0.05, 0) is 86.4 Å². The topological polar surface area (TPSA) is 147 Å². The number of primary amides is 1. The van der Waals surface area contributed by atoms with E-state index < -0.39 is 29.3 Å². The van der Waals surface area contributed by atoms with Crippen LogP contribution in [0.2, 0.25) is 0 Å². The van der Waals surface area contributed by atoms with Crippen LogP contribution in [0.1, 0.15) is 59.0 Å². The number of nitrogens with zero attached hydrogens (tertiary/aromatic N) is 4. The Bertz CT molecular complexity index is 1120. The van der Waals surface area contributed by atoms with Crippen LogP contribution in [0.25, 0.3) is 11.3 Å². The molecule has 11 nitrogen and oxygen atoms in total. The molecule has 0 aliphatic rings. The Hall–Kier alpha value is -2.80. The number of pyridine rings is 1. The van der Waals surface area contributed by atoms with Crippen molar-refractivity contribution >= 4 is 55.8 Å². The lowest BCUT2D eigenvalue weighted by Crippen LogP contribution is -2.44. The number of halogens is 2. The second kappa shape index (κ2) is 10.9. The molecule has 2 aromatic rings. The van der Waals surface area contributed by atoms with Crippen molar-refractivity contribution in [1.82, 2.24) is 15.0 Å². The van der Waals surface area contributed by atoms with Crippen LogP contribution >= 0.6 is 31.9 Å². The van der Waals surface area contributed by atoms with Crippen molar-refractivity contribution in [3.63, 3.8) is 0 Å². The maximum absolute atomic E-state index is 13.1. The summed E-state index contributed by atoms with van der Waals surface area (Å²) >= 11 is 6.55. The molecule has 190 valence electrons. The summed E-state index contributed by atoms with van der Waals surface area (Å²) in [5.41, 5.74) is 3.84. The first-order valence-electron chi connectivity index (χ1n) is 10.5. The molecule has 0 saturated carbocycles. The monoisotopic (exact) mass is 615 g/mol. The van der Waals surface area contributed by atoms with E-state index in [4.69, 9.17) is 19.9 Å². The fourth-order valence-corrected chi connectivity index (χ4v) is 3.77. The summed E-state index contributed by atoms with van der Waals surface area (Å²) in [5.74, 6) is -0.873.